The van der Waals surface area contributed by atoms with Gasteiger partial charge in [-0.15, -0.1) is 0 Å². The van der Waals surface area contributed by atoms with Crippen LogP contribution in [-0.4, -0.2) is 17.1 Å². The van der Waals surface area contributed by atoms with Gasteiger partial charge in [-0.25, -0.2) is 5.43 Å². The minimum atomic E-state index is -0.216. The number of nitrogens with zero attached hydrogens (tertiary/aromatic N) is 1. The van der Waals surface area contributed by atoms with Crippen molar-refractivity contribution >= 4 is 23.0 Å². The van der Waals surface area contributed by atoms with E-state index < -0.39 is 0 Å². The van der Waals surface area contributed by atoms with Gasteiger partial charge in [0.25, 0.3) is 5.91 Å². The van der Waals surface area contributed by atoms with Crippen LogP contribution in [0.5, 0.6) is 0 Å². The summed E-state index contributed by atoms with van der Waals surface area (Å²) in [5, 5.41) is 5.14. The summed E-state index contributed by atoms with van der Waals surface area (Å²) in [6, 6.07) is 15.6. The Morgan fingerprint density at radius 1 is 1.08 bits per heavy atom. The summed E-state index contributed by atoms with van der Waals surface area (Å²) in [7, 11) is 0. The molecule has 2 N–H and O–H groups in total. The van der Waals surface area contributed by atoms with Crippen molar-refractivity contribution in [1.82, 2.24) is 10.4 Å². The third-order valence-electron chi connectivity index (χ3n) is 4.00. The number of nitrogens with one attached hydrogen (secondary N) is 2. The summed E-state index contributed by atoms with van der Waals surface area (Å²) < 4.78 is 0. The quantitative estimate of drug-likeness (QED) is 0.551. The molecule has 122 valence electrons. The van der Waals surface area contributed by atoms with Crippen molar-refractivity contribution in [2.24, 2.45) is 5.10 Å². The van der Waals surface area contributed by atoms with Gasteiger partial charge in [0.05, 0.1) is 6.21 Å². The van der Waals surface area contributed by atoms with E-state index in [1.807, 2.05) is 54.7 Å². The number of amides is 1. The average molecular weight is 319 g/mol. The molecular weight excluding hydrogens is 298 g/mol. The second-order valence-corrected chi connectivity index (χ2v) is 6.82. The smallest absolute Gasteiger partial charge is 0.271 e. The van der Waals surface area contributed by atoms with Gasteiger partial charge >= 0.3 is 0 Å². The summed E-state index contributed by atoms with van der Waals surface area (Å²) in [6.45, 7) is 6.44. The lowest BCUT2D eigenvalue weighted by Crippen LogP contribution is -2.18. The van der Waals surface area contributed by atoms with Crippen LogP contribution in [-0.2, 0) is 5.41 Å². The standard InChI is InChI=1S/C20H21N3O/c1-20(2,3)16-10-8-14(9-11-16)19(24)23-22-13-15-12-21-18-7-5-4-6-17(15)18/h4-13,21H,1-3H3,(H,23,24)/b22-13+. The second-order valence-electron chi connectivity index (χ2n) is 6.82. The van der Waals surface area contributed by atoms with Gasteiger partial charge in [-0.2, -0.15) is 5.10 Å². The molecule has 0 saturated carbocycles. The molecule has 0 radical (unpaired) electrons. The zero-order valence-electron chi connectivity index (χ0n) is 14.1. The van der Waals surface area contributed by atoms with E-state index in [1.165, 1.54) is 5.56 Å². The highest BCUT2D eigenvalue weighted by Gasteiger charge is 2.14. The van der Waals surface area contributed by atoms with Crippen LogP contribution in [0, 0.1) is 0 Å². The average Bonchev–Trinajstić information content (AvgIpc) is 2.97. The first-order valence-corrected chi connectivity index (χ1v) is 7.95. The molecule has 0 bridgehead atoms. The summed E-state index contributed by atoms with van der Waals surface area (Å²) in [6.07, 6.45) is 3.53. The van der Waals surface area contributed by atoms with E-state index in [0.717, 1.165) is 16.5 Å². The van der Waals surface area contributed by atoms with Crippen LogP contribution >= 0.6 is 0 Å². The van der Waals surface area contributed by atoms with E-state index in [0.29, 0.717) is 5.56 Å². The highest BCUT2D eigenvalue weighted by Crippen LogP contribution is 2.22. The molecule has 0 aliphatic carbocycles. The van der Waals surface area contributed by atoms with Crippen LogP contribution in [0.4, 0.5) is 0 Å². The van der Waals surface area contributed by atoms with Gasteiger partial charge in [0.15, 0.2) is 0 Å². The SMILES string of the molecule is CC(C)(C)c1ccc(C(=O)N/N=C/c2c[nH]c3ccccc23)cc1. The van der Waals surface area contributed by atoms with Crippen molar-refractivity contribution in [3.8, 4) is 0 Å². The number of rotatable bonds is 3. The number of hydrogen-bond donors (Lipinski definition) is 2. The predicted octanol–water partition coefficient (Wildman–Crippen LogP) is 4.23. The van der Waals surface area contributed by atoms with Gasteiger partial charge in [0.1, 0.15) is 0 Å². The molecule has 4 heteroatoms. The fraction of sp³-hybridized carbons (Fsp3) is 0.200. The molecule has 1 amide bonds. The highest BCUT2D eigenvalue weighted by molar-refractivity contribution is 6.00. The van der Waals surface area contributed by atoms with Gasteiger partial charge in [0, 0.05) is 28.2 Å². The Labute approximate surface area is 141 Å². The number of aromatic nitrogens is 1. The number of carbonyl (C=O) groups excluding carboxylic acids is 1. The van der Waals surface area contributed by atoms with Crippen molar-refractivity contribution in [2.75, 3.05) is 0 Å². The molecule has 1 heterocycles. The largest absolute Gasteiger partial charge is 0.361 e. The first-order chi connectivity index (χ1) is 11.4. The van der Waals surface area contributed by atoms with E-state index in [-0.39, 0.29) is 11.3 Å². The topological polar surface area (TPSA) is 57.2 Å². The van der Waals surface area contributed by atoms with Gasteiger partial charge in [0.2, 0.25) is 0 Å². The van der Waals surface area contributed by atoms with Crippen molar-refractivity contribution < 1.29 is 4.79 Å². The summed E-state index contributed by atoms with van der Waals surface area (Å²) in [5.41, 5.74) is 6.42. The molecule has 0 unspecified atom stereocenters. The summed E-state index contributed by atoms with van der Waals surface area (Å²) >= 11 is 0. The maximum atomic E-state index is 12.2. The van der Waals surface area contributed by atoms with Crippen LogP contribution in [0.3, 0.4) is 0 Å². The molecule has 0 atom stereocenters. The number of aromatic amines is 1. The number of carbonyl (C=O) groups is 1. The molecule has 2 aromatic carbocycles. The molecule has 1 aromatic heterocycles. The lowest BCUT2D eigenvalue weighted by molar-refractivity contribution is 0.0955. The molecule has 0 saturated heterocycles. The van der Waals surface area contributed by atoms with Crippen molar-refractivity contribution in [1.29, 1.82) is 0 Å². The number of benzene rings is 2. The van der Waals surface area contributed by atoms with Crippen molar-refractivity contribution in [3.63, 3.8) is 0 Å². The number of para-hydroxylation sites is 1. The summed E-state index contributed by atoms with van der Waals surface area (Å²) in [5.74, 6) is -0.216. The molecule has 4 nitrogen and oxygen atoms in total. The van der Waals surface area contributed by atoms with Crippen molar-refractivity contribution in [2.45, 2.75) is 26.2 Å². The third-order valence-corrected chi connectivity index (χ3v) is 4.00. The zero-order valence-corrected chi connectivity index (χ0v) is 14.1. The Kier molecular flexibility index (Phi) is 4.21. The lowest BCUT2D eigenvalue weighted by Gasteiger charge is -2.18. The molecule has 24 heavy (non-hydrogen) atoms. The Morgan fingerprint density at radius 3 is 2.50 bits per heavy atom. The van der Waals surface area contributed by atoms with E-state index in [2.05, 4.69) is 36.3 Å². The van der Waals surface area contributed by atoms with Gasteiger partial charge < -0.3 is 4.98 Å². The van der Waals surface area contributed by atoms with E-state index in [9.17, 15) is 4.79 Å². The molecular formula is C20H21N3O. The number of H-pyrrole nitrogens is 1. The normalized spacial score (nSPS) is 12.0. The fourth-order valence-corrected chi connectivity index (χ4v) is 2.55. The Hall–Kier alpha value is -2.88. The number of hydrazone groups is 1. The Balaban J connectivity index is 1.69. The fourth-order valence-electron chi connectivity index (χ4n) is 2.55. The number of hydrogen-bond acceptors (Lipinski definition) is 2. The molecule has 3 aromatic rings. The van der Waals surface area contributed by atoms with Crippen molar-refractivity contribution in [3.05, 3.63) is 71.4 Å². The maximum Gasteiger partial charge on any atom is 0.271 e. The molecule has 0 fully saturated rings. The van der Waals surface area contributed by atoms with Gasteiger partial charge in [-0.05, 0) is 29.2 Å². The van der Waals surface area contributed by atoms with Crippen LogP contribution in [0.1, 0.15) is 42.3 Å². The van der Waals surface area contributed by atoms with Gasteiger partial charge in [-0.3, -0.25) is 4.79 Å². The molecule has 3 rings (SSSR count). The molecule has 0 aliphatic heterocycles. The van der Waals surface area contributed by atoms with E-state index in [1.54, 1.807) is 6.21 Å². The Bertz CT molecular complexity index is 883. The second kappa shape index (κ2) is 6.32. The van der Waals surface area contributed by atoms with E-state index >= 15 is 0 Å². The summed E-state index contributed by atoms with van der Waals surface area (Å²) in [4.78, 5) is 15.3. The predicted molar refractivity (Wildman–Crippen MR) is 98.5 cm³/mol. The Morgan fingerprint density at radius 2 is 1.79 bits per heavy atom. The van der Waals surface area contributed by atoms with E-state index in [4.69, 9.17) is 0 Å². The van der Waals surface area contributed by atoms with Crippen LogP contribution in [0.2, 0.25) is 0 Å². The molecule has 0 spiro atoms. The monoisotopic (exact) mass is 319 g/mol. The minimum Gasteiger partial charge on any atom is -0.361 e. The first-order valence-electron chi connectivity index (χ1n) is 7.95. The third kappa shape index (κ3) is 3.38. The highest BCUT2D eigenvalue weighted by atomic mass is 16.2. The lowest BCUT2D eigenvalue weighted by atomic mass is 9.87. The zero-order chi connectivity index (χ0) is 17.2. The van der Waals surface area contributed by atoms with Crippen LogP contribution in [0.25, 0.3) is 10.9 Å². The van der Waals surface area contributed by atoms with Gasteiger partial charge in [-0.1, -0.05) is 51.1 Å². The minimum absolute atomic E-state index is 0.0719. The van der Waals surface area contributed by atoms with Crippen LogP contribution < -0.4 is 5.43 Å². The first kappa shape index (κ1) is 16.0. The van der Waals surface area contributed by atoms with Crippen LogP contribution in [0.15, 0.2) is 59.8 Å². The maximum absolute atomic E-state index is 12.2. The number of fused-ring (bicyclic) bond motifs is 1. The molecule has 0 aliphatic rings.